The number of hydrogen-bond acceptors (Lipinski definition) is 1. The molecule has 0 saturated carbocycles. The number of nitrogens with zero attached hydrogens (tertiary/aromatic N) is 2. The Kier molecular flexibility index (Phi) is 3.35. The quantitative estimate of drug-likeness (QED) is 0.187. The van der Waals surface area contributed by atoms with Crippen molar-refractivity contribution in [3.05, 3.63) is 157 Å². The van der Waals surface area contributed by atoms with E-state index < -0.39 is 107 Å². The Morgan fingerprint density at radius 2 is 1.20 bits per heavy atom. The molecule has 0 aliphatic rings. The van der Waals surface area contributed by atoms with Gasteiger partial charge in [-0.15, -0.1) is 0 Å². The second-order valence-electron chi connectivity index (χ2n) is 10.7. The zero-order valence-corrected chi connectivity index (χ0v) is 23.9. The monoisotopic (exact) mass is 589 g/mol. The van der Waals surface area contributed by atoms with Crippen LogP contribution in [0.4, 0.5) is 0 Å². The van der Waals surface area contributed by atoms with E-state index in [4.69, 9.17) is 17.3 Å². The predicted octanol–water partition coefficient (Wildman–Crippen LogP) is 11.5. The molecule has 212 valence electrons. The van der Waals surface area contributed by atoms with Crippen LogP contribution in [0.3, 0.4) is 0 Å². The van der Waals surface area contributed by atoms with E-state index in [0.29, 0.717) is 17.4 Å². The molecule has 9 rings (SSSR count). The third-order valence-corrected chi connectivity index (χ3v) is 8.19. The number of benzene rings is 8. The highest BCUT2D eigenvalue weighted by atomic mass is 15.1. The molecule has 0 fully saturated rings. The van der Waals surface area contributed by atoms with E-state index in [2.05, 4.69) is 4.57 Å². The average molecular weight is 590 g/mol. The lowest BCUT2D eigenvalue weighted by Crippen LogP contribution is -2.00. The summed E-state index contributed by atoms with van der Waals surface area (Å²) in [5.41, 5.74) is 2.19. The van der Waals surface area contributed by atoms with Gasteiger partial charge in [0.15, 0.2) is 0 Å². The van der Waals surface area contributed by atoms with Crippen molar-refractivity contribution in [1.82, 2.24) is 9.55 Å². The van der Waals surface area contributed by atoms with Gasteiger partial charge in [-0.05, 0) is 102 Å². The maximum Gasteiger partial charge on any atom is 0.114 e. The largest absolute Gasteiger partial charge is 0.296 e. The molecule has 0 atom stereocenters. The van der Waals surface area contributed by atoms with Gasteiger partial charge in [-0.25, -0.2) is 4.98 Å². The molecule has 9 aromatic rings. The van der Waals surface area contributed by atoms with Gasteiger partial charge in [0.25, 0.3) is 0 Å². The molecule has 0 bridgehead atoms. The lowest BCUT2D eigenvalue weighted by atomic mass is 9.85. The summed E-state index contributed by atoms with van der Waals surface area (Å²) in [4.78, 5) is 4.80. The van der Waals surface area contributed by atoms with E-state index in [-0.39, 0.29) is 32.7 Å². The first-order valence-corrected chi connectivity index (χ1v) is 14.5. The number of imidazole rings is 1. The van der Waals surface area contributed by atoms with Gasteiger partial charge in [-0.3, -0.25) is 4.57 Å². The van der Waals surface area contributed by atoms with Crippen LogP contribution in [-0.2, 0) is 6.42 Å². The number of aryl methyl sites for hydroxylation is 1. The Labute approximate surface area is 282 Å². The Morgan fingerprint density at radius 3 is 1.93 bits per heavy atom. The number of rotatable bonds is 4. The summed E-state index contributed by atoms with van der Waals surface area (Å²) >= 11 is 0. The van der Waals surface area contributed by atoms with Gasteiger partial charge in [0.05, 0.1) is 31.6 Å². The summed E-state index contributed by atoms with van der Waals surface area (Å²) < 4.78 is 136. The van der Waals surface area contributed by atoms with Crippen molar-refractivity contribution in [3.8, 4) is 27.9 Å². The highest BCUT2D eigenvalue weighted by Gasteiger charge is 2.17. The van der Waals surface area contributed by atoms with Crippen LogP contribution in [-0.4, -0.2) is 9.55 Å². The van der Waals surface area contributed by atoms with Crippen molar-refractivity contribution in [3.63, 3.8) is 0 Å². The molecule has 8 aromatic carbocycles. The van der Waals surface area contributed by atoms with Crippen molar-refractivity contribution < 1.29 is 20.6 Å². The second-order valence-corrected chi connectivity index (χ2v) is 10.7. The van der Waals surface area contributed by atoms with E-state index in [1.807, 2.05) is 55.5 Å². The van der Waals surface area contributed by atoms with Gasteiger partial charge in [0.1, 0.15) is 5.82 Å². The van der Waals surface area contributed by atoms with Crippen LogP contribution in [0.5, 0.6) is 0 Å². The number of hydrogen-bond donors (Lipinski definition) is 0. The summed E-state index contributed by atoms with van der Waals surface area (Å²) in [6.07, 6.45) is 0.678. The molecule has 2 nitrogen and oxygen atoms in total. The Hall–Kier alpha value is -5.73. The van der Waals surface area contributed by atoms with Gasteiger partial charge in [-0.2, -0.15) is 0 Å². The lowest BCUT2D eigenvalue weighted by Gasteiger charge is -2.18. The van der Waals surface area contributed by atoms with E-state index in [1.165, 1.54) is 0 Å². The van der Waals surface area contributed by atoms with Gasteiger partial charge in [0, 0.05) is 12.1 Å². The maximum atomic E-state index is 9.42. The smallest absolute Gasteiger partial charge is 0.114 e. The van der Waals surface area contributed by atoms with E-state index in [0.717, 1.165) is 27.9 Å². The highest BCUT2D eigenvalue weighted by molar-refractivity contribution is 6.22. The minimum atomic E-state index is -0.730. The first-order valence-electron chi connectivity index (χ1n) is 22.0. The summed E-state index contributed by atoms with van der Waals surface area (Å²) in [7, 11) is 0. The fourth-order valence-electron chi connectivity index (χ4n) is 6.20. The average Bonchev–Trinajstić information content (AvgIpc) is 3.63. The van der Waals surface area contributed by atoms with Crippen molar-refractivity contribution in [2.45, 2.75) is 13.3 Å². The Bertz CT molecular complexity index is 3350. The van der Waals surface area contributed by atoms with Crippen LogP contribution in [0, 0.1) is 0 Å². The molecule has 0 radical (unpaired) electrons. The molecular formula is C43H30N2. The van der Waals surface area contributed by atoms with E-state index >= 15 is 0 Å². The first kappa shape index (κ1) is 14.8. The van der Waals surface area contributed by atoms with Crippen molar-refractivity contribution >= 4 is 54.1 Å². The molecule has 2 heteroatoms. The van der Waals surface area contributed by atoms with Crippen molar-refractivity contribution in [2.24, 2.45) is 0 Å². The zero-order chi connectivity index (χ0) is 43.0. The fourth-order valence-corrected chi connectivity index (χ4v) is 6.20. The number of aromatic nitrogens is 2. The molecule has 1 aromatic heterocycles. The van der Waals surface area contributed by atoms with Crippen LogP contribution < -0.4 is 0 Å². The molecule has 45 heavy (non-hydrogen) atoms. The highest BCUT2D eigenvalue weighted by Crippen LogP contribution is 2.44. The Balaban J connectivity index is 1.45. The van der Waals surface area contributed by atoms with Gasteiger partial charge in [0.2, 0.25) is 0 Å². The molecule has 1 heterocycles. The second kappa shape index (κ2) is 10.2. The van der Waals surface area contributed by atoms with Crippen LogP contribution in [0.15, 0.2) is 151 Å². The standard InChI is InChI=1S/C43H30N2/c1-2-41-44-39-17-9-10-18-40(39)45(41)34-24-23-30-26-33(22-20-31(30)27-34)43-37-15-7-5-13-35(37)42(36-14-6-8-16-38(36)43)32-21-19-28-11-3-4-12-29(28)25-32/h3-27H,2H2,1H3/i3D,4D,5D,6D,7D,8D,11D,12D,13D,14D,15D,16D,19D,21D,25D. The van der Waals surface area contributed by atoms with Crippen molar-refractivity contribution in [2.75, 3.05) is 0 Å². The maximum absolute atomic E-state index is 9.42. The molecular weight excluding hydrogens is 544 g/mol. The van der Waals surface area contributed by atoms with Gasteiger partial charge < -0.3 is 0 Å². The van der Waals surface area contributed by atoms with Gasteiger partial charge in [-0.1, -0.05) is 122 Å². The summed E-state index contributed by atoms with van der Waals surface area (Å²) in [5.74, 6) is 0.865. The van der Waals surface area contributed by atoms with Crippen molar-refractivity contribution in [1.29, 1.82) is 0 Å². The third-order valence-electron chi connectivity index (χ3n) is 8.19. The minimum absolute atomic E-state index is 0.0504. The zero-order valence-electron chi connectivity index (χ0n) is 38.9. The SMILES string of the molecule is [2H]c1c([2H])c([2H])c2c([2H])c(-c3c4c([2H])c([2H])c([2H])c([2H])c4c(-c4ccc5cc(-n6c(CC)nc7ccccc76)ccc5c4)c4c([2H])c([2H])c([2H])c([2H])c34)c([2H])c([2H])c2c1[2H]. The molecule has 0 unspecified atom stereocenters. The molecule has 0 amide bonds. The lowest BCUT2D eigenvalue weighted by molar-refractivity contribution is 0.909. The van der Waals surface area contributed by atoms with E-state index in [1.54, 1.807) is 12.1 Å². The molecule has 0 saturated heterocycles. The van der Waals surface area contributed by atoms with Gasteiger partial charge >= 0.3 is 0 Å². The predicted molar refractivity (Wildman–Crippen MR) is 191 cm³/mol. The molecule has 0 aliphatic carbocycles. The molecule has 0 aliphatic heterocycles. The van der Waals surface area contributed by atoms with Crippen LogP contribution >= 0.6 is 0 Å². The number of fused-ring (bicyclic) bond motifs is 5. The summed E-state index contributed by atoms with van der Waals surface area (Å²) in [6.45, 7) is 2.03. The van der Waals surface area contributed by atoms with Crippen LogP contribution in [0.2, 0.25) is 0 Å². The number of para-hydroxylation sites is 2. The Morgan fingerprint density at radius 1 is 0.578 bits per heavy atom. The first-order chi connectivity index (χ1) is 28.5. The molecule has 0 N–H and O–H groups in total. The third kappa shape index (κ3) is 4.07. The topological polar surface area (TPSA) is 17.8 Å². The minimum Gasteiger partial charge on any atom is -0.296 e. The normalized spacial score (nSPS) is 16.4. The fraction of sp³-hybridized carbons (Fsp3) is 0.0465. The summed E-state index contributed by atoms with van der Waals surface area (Å²) in [5, 5.41) is -0.228. The summed E-state index contributed by atoms with van der Waals surface area (Å²) in [6, 6.07) is 9.03. The molecule has 0 spiro atoms. The van der Waals surface area contributed by atoms with E-state index in [9.17, 15) is 8.22 Å². The van der Waals surface area contributed by atoms with Crippen LogP contribution in [0.1, 0.15) is 33.3 Å². The van der Waals surface area contributed by atoms with Crippen LogP contribution in [0.25, 0.3) is 82.1 Å².